The predicted octanol–water partition coefficient (Wildman–Crippen LogP) is 1.48. The van der Waals surface area contributed by atoms with Crippen LogP contribution in [0.15, 0.2) is 0 Å². The van der Waals surface area contributed by atoms with Crippen LogP contribution in [-0.2, 0) is 4.79 Å². The minimum atomic E-state index is 0.177. The number of rotatable bonds is 3. The maximum absolute atomic E-state index is 11.6. The fourth-order valence-electron chi connectivity index (χ4n) is 2.15. The average Bonchev–Trinajstić information content (AvgIpc) is 2.72. The van der Waals surface area contributed by atoms with Crippen LogP contribution in [0.5, 0.6) is 0 Å². The number of carbonyl (C=O) groups is 1. The van der Waals surface area contributed by atoms with E-state index in [9.17, 15) is 4.79 Å². The summed E-state index contributed by atoms with van der Waals surface area (Å²) in [5.41, 5.74) is 5.86. The largest absolute Gasteiger partial charge is 0.327 e. The molecular formula is C10H17NO. The van der Waals surface area contributed by atoms with Crippen molar-refractivity contribution in [1.29, 1.82) is 0 Å². The molecule has 2 fully saturated rings. The molecule has 2 atom stereocenters. The molecule has 2 N–H and O–H groups in total. The van der Waals surface area contributed by atoms with Crippen molar-refractivity contribution in [3.05, 3.63) is 0 Å². The van der Waals surface area contributed by atoms with Gasteiger partial charge in [0.25, 0.3) is 0 Å². The molecular weight excluding hydrogens is 150 g/mol. The van der Waals surface area contributed by atoms with Crippen molar-refractivity contribution in [3.8, 4) is 0 Å². The van der Waals surface area contributed by atoms with Gasteiger partial charge in [-0.05, 0) is 31.6 Å². The van der Waals surface area contributed by atoms with Crippen LogP contribution in [-0.4, -0.2) is 11.8 Å². The molecule has 68 valence electrons. The van der Waals surface area contributed by atoms with Crippen LogP contribution in [0.4, 0.5) is 0 Å². The normalized spacial score (nSPS) is 35.4. The summed E-state index contributed by atoms with van der Waals surface area (Å²) in [6, 6.07) is 0.177. The summed E-state index contributed by atoms with van der Waals surface area (Å²) in [6.45, 7) is 0. The summed E-state index contributed by atoms with van der Waals surface area (Å²) < 4.78 is 0. The van der Waals surface area contributed by atoms with Crippen LogP contribution < -0.4 is 5.73 Å². The molecule has 0 aromatic rings. The Labute approximate surface area is 73.5 Å². The van der Waals surface area contributed by atoms with E-state index in [0.717, 1.165) is 31.6 Å². The number of ketones is 1. The van der Waals surface area contributed by atoms with Crippen molar-refractivity contribution in [2.24, 2.45) is 17.6 Å². The molecule has 2 nitrogen and oxygen atoms in total. The lowest BCUT2D eigenvalue weighted by atomic mass is 9.95. The van der Waals surface area contributed by atoms with Gasteiger partial charge in [0.2, 0.25) is 0 Å². The molecule has 2 aliphatic carbocycles. The average molecular weight is 167 g/mol. The summed E-state index contributed by atoms with van der Waals surface area (Å²) >= 11 is 0. The standard InChI is InChI=1S/C10H17NO/c11-9-3-1-2-8(9)10(12)6-7-4-5-7/h7-9H,1-6,11H2. The van der Waals surface area contributed by atoms with Crippen LogP contribution in [0.1, 0.15) is 38.5 Å². The highest BCUT2D eigenvalue weighted by atomic mass is 16.1. The van der Waals surface area contributed by atoms with E-state index in [0.29, 0.717) is 5.78 Å². The van der Waals surface area contributed by atoms with E-state index in [2.05, 4.69) is 0 Å². The monoisotopic (exact) mass is 167 g/mol. The zero-order valence-electron chi connectivity index (χ0n) is 7.46. The maximum Gasteiger partial charge on any atom is 0.137 e. The van der Waals surface area contributed by atoms with Crippen molar-refractivity contribution in [2.75, 3.05) is 0 Å². The van der Waals surface area contributed by atoms with Crippen LogP contribution in [0.25, 0.3) is 0 Å². The van der Waals surface area contributed by atoms with Gasteiger partial charge in [-0.2, -0.15) is 0 Å². The van der Waals surface area contributed by atoms with Gasteiger partial charge >= 0.3 is 0 Å². The second-order valence-corrected chi connectivity index (χ2v) is 4.32. The fraction of sp³-hybridized carbons (Fsp3) is 0.900. The fourth-order valence-corrected chi connectivity index (χ4v) is 2.15. The van der Waals surface area contributed by atoms with Crippen LogP contribution in [0.2, 0.25) is 0 Å². The molecule has 0 bridgehead atoms. The topological polar surface area (TPSA) is 43.1 Å². The lowest BCUT2D eigenvalue weighted by Gasteiger charge is -2.12. The Morgan fingerprint density at radius 3 is 2.50 bits per heavy atom. The Morgan fingerprint density at radius 2 is 2.00 bits per heavy atom. The highest BCUT2D eigenvalue weighted by Gasteiger charge is 2.33. The zero-order valence-corrected chi connectivity index (χ0v) is 7.46. The smallest absolute Gasteiger partial charge is 0.137 e. The number of hydrogen-bond donors (Lipinski definition) is 1. The summed E-state index contributed by atoms with van der Waals surface area (Å²) in [7, 11) is 0. The first-order chi connectivity index (χ1) is 5.77. The zero-order chi connectivity index (χ0) is 8.55. The number of Topliss-reactive ketones (excluding diaryl/α,β-unsaturated/α-hetero) is 1. The molecule has 0 heterocycles. The molecule has 2 aliphatic rings. The second kappa shape index (κ2) is 3.17. The summed E-state index contributed by atoms with van der Waals surface area (Å²) in [6.07, 6.45) is 6.62. The molecule has 2 rings (SSSR count). The van der Waals surface area contributed by atoms with Gasteiger partial charge in [-0.15, -0.1) is 0 Å². The lowest BCUT2D eigenvalue weighted by molar-refractivity contribution is -0.123. The maximum atomic E-state index is 11.6. The molecule has 0 radical (unpaired) electrons. The van der Waals surface area contributed by atoms with Crippen molar-refractivity contribution < 1.29 is 4.79 Å². The van der Waals surface area contributed by atoms with Crippen molar-refractivity contribution >= 4 is 5.78 Å². The van der Waals surface area contributed by atoms with E-state index < -0.39 is 0 Å². The molecule has 0 aliphatic heterocycles. The predicted molar refractivity (Wildman–Crippen MR) is 47.7 cm³/mol. The molecule has 12 heavy (non-hydrogen) atoms. The molecule has 0 aromatic carbocycles. The molecule has 0 amide bonds. The Kier molecular flexibility index (Phi) is 2.18. The molecule has 2 heteroatoms. The van der Waals surface area contributed by atoms with E-state index in [4.69, 9.17) is 5.73 Å². The van der Waals surface area contributed by atoms with Crippen LogP contribution in [0.3, 0.4) is 0 Å². The minimum absolute atomic E-state index is 0.177. The molecule has 2 unspecified atom stereocenters. The number of hydrogen-bond acceptors (Lipinski definition) is 2. The Balaban J connectivity index is 1.84. The third-order valence-electron chi connectivity index (χ3n) is 3.17. The first kappa shape index (κ1) is 8.24. The molecule has 0 spiro atoms. The molecule has 0 saturated heterocycles. The van der Waals surface area contributed by atoms with Gasteiger partial charge < -0.3 is 5.73 Å². The van der Waals surface area contributed by atoms with Gasteiger partial charge in [-0.3, -0.25) is 4.79 Å². The van der Waals surface area contributed by atoms with Gasteiger partial charge in [-0.25, -0.2) is 0 Å². The first-order valence-corrected chi connectivity index (χ1v) is 5.05. The Morgan fingerprint density at radius 1 is 1.25 bits per heavy atom. The lowest BCUT2D eigenvalue weighted by Crippen LogP contribution is -2.30. The van der Waals surface area contributed by atoms with Gasteiger partial charge in [-0.1, -0.05) is 6.42 Å². The van der Waals surface area contributed by atoms with Crippen molar-refractivity contribution in [2.45, 2.75) is 44.6 Å². The Hall–Kier alpha value is -0.370. The van der Waals surface area contributed by atoms with Gasteiger partial charge in [0.1, 0.15) is 5.78 Å². The summed E-state index contributed by atoms with van der Waals surface area (Å²) in [5.74, 6) is 1.39. The number of carbonyl (C=O) groups excluding carboxylic acids is 1. The second-order valence-electron chi connectivity index (χ2n) is 4.32. The van der Waals surface area contributed by atoms with Gasteiger partial charge in [0, 0.05) is 18.4 Å². The van der Waals surface area contributed by atoms with Gasteiger partial charge in [0.15, 0.2) is 0 Å². The SMILES string of the molecule is NC1CCCC1C(=O)CC1CC1. The molecule has 0 aromatic heterocycles. The van der Waals surface area contributed by atoms with Crippen molar-refractivity contribution in [1.82, 2.24) is 0 Å². The third kappa shape index (κ3) is 1.69. The highest BCUT2D eigenvalue weighted by Crippen LogP contribution is 2.35. The highest BCUT2D eigenvalue weighted by molar-refractivity contribution is 5.82. The first-order valence-electron chi connectivity index (χ1n) is 5.05. The van der Waals surface area contributed by atoms with E-state index in [1.54, 1.807) is 0 Å². The van der Waals surface area contributed by atoms with Crippen molar-refractivity contribution in [3.63, 3.8) is 0 Å². The van der Waals surface area contributed by atoms with E-state index in [-0.39, 0.29) is 12.0 Å². The summed E-state index contributed by atoms with van der Waals surface area (Å²) in [4.78, 5) is 11.6. The third-order valence-corrected chi connectivity index (χ3v) is 3.17. The van der Waals surface area contributed by atoms with Crippen LogP contribution >= 0.6 is 0 Å². The van der Waals surface area contributed by atoms with E-state index in [1.807, 2.05) is 0 Å². The van der Waals surface area contributed by atoms with E-state index >= 15 is 0 Å². The summed E-state index contributed by atoms with van der Waals surface area (Å²) in [5, 5.41) is 0. The van der Waals surface area contributed by atoms with E-state index in [1.165, 1.54) is 12.8 Å². The molecule has 2 saturated carbocycles. The van der Waals surface area contributed by atoms with Gasteiger partial charge in [0.05, 0.1) is 0 Å². The van der Waals surface area contributed by atoms with Crippen LogP contribution in [0, 0.1) is 11.8 Å². The minimum Gasteiger partial charge on any atom is -0.327 e. The quantitative estimate of drug-likeness (QED) is 0.692. The Bertz CT molecular complexity index is 186. The number of nitrogens with two attached hydrogens (primary N) is 1.